The maximum atomic E-state index is 13.3. The number of thiocarbonyl (C=S) groups is 1. The first kappa shape index (κ1) is 22.3. The van der Waals surface area contributed by atoms with E-state index in [1.165, 1.54) is 4.90 Å². The Labute approximate surface area is 201 Å². The van der Waals surface area contributed by atoms with Crippen LogP contribution in [0.5, 0.6) is 0 Å². The molecule has 0 unspecified atom stereocenters. The Kier molecular flexibility index (Phi) is 5.95. The van der Waals surface area contributed by atoms with Crippen LogP contribution in [0, 0.1) is 20.8 Å². The zero-order chi connectivity index (χ0) is 23.2. The molecule has 0 aliphatic carbocycles. The largest absolute Gasteiger partial charge is 0.316 e. The van der Waals surface area contributed by atoms with E-state index in [4.69, 9.17) is 35.4 Å². The standard InChI is InChI=1S/C24H19Cl2N3O2S/c1-13-7-4-5-9-19(13)29-23(31)17(22(30)27-24(29)32)12-16-11-14(2)28(15(16)3)20-10-6-8-18(25)21(20)26/h4-12H,1-3H3,(H,27,30,32)/b17-12+. The second kappa shape index (κ2) is 8.54. The van der Waals surface area contributed by atoms with Crippen LogP contribution >= 0.6 is 35.4 Å². The van der Waals surface area contributed by atoms with Crippen LogP contribution in [-0.2, 0) is 9.59 Å². The molecule has 0 saturated carbocycles. The van der Waals surface area contributed by atoms with Crippen molar-refractivity contribution in [3.63, 3.8) is 0 Å². The molecular formula is C24H19Cl2N3O2S. The molecule has 1 N–H and O–H groups in total. The Balaban J connectivity index is 1.81. The van der Waals surface area contributed by atoms with Crippen LogP contribution in [0.4, 0.5) is 5.69 Å². The minimum atomic E-state index is -0.532. The number of rotatable bonds is 3. The van der Waals surface area contributed by atoms with Crippen molar-refractivity contribution in [1.82, 2.24) is 9.88 Å². The van der Waals surface area contributed by atoms with Crippen molar-refractivity contribution in [2.45, 2.75) is 20.8 Å². The molecule has 162 valence electrons. The second-order valence-corrected chi connectivity index (χ2v) is 8.65. The fourth-order valence-corrected chi connectivity index (χ4v) is 4.47. The molecule has 2 aromatic carbocycles. The Morgan fingerprint density at radius 3 is 2.38 bits per heavy atom. The van der Waals surface area contributed by atoms with E-state index in [2.05, 4.69) is 5.32 Å². The van der Waals surface area contributed by atoms with Gasteiger partial charge in [0.15, 0.2) is 5.11 Å². The minimum absolute atomic E-state index is 0.000654. The number of aryl methyl sites for hydroxylation is 2. The number of amides is 2. The minimum Gasteiger partial charge on any atom is -0.316 e. The molecule has 8 heteroatoms. The van der Waals surface area contributed by atoms with Gasteiger partial charge in [-0.2, -0.15) is 0 Å². The van der Waals surface area contributed by atoms with Gasteiger partial charge in [-0.1, -0.05) is 47.5 Å². The summed E-state index contributed by atoms with van der Waals surface area (Å²) in [4.78, 5) is 27.4. The van der Waals surface area contributed by atoms with Gasteiger partial charge in [0, 0.05) is 11.4 Å². The quantitative estimate of drug-likeness (QED) is 0.302. The smallest absolute Gasteiger partial charge is 0.270 e. The van der Waals surface area contributed by atoms with Gasteiger partial charge in [0.1, 0.15) is 5.57 Å². The van der Waals surface area contributed by atoms with E-state index in [9.17, 15) is 9.59 Å². The summed E-state index contributed by atoms with van der Waals surface area (Å²) in [6.07, 6.45) is 1.59. The summed E-state index contributed by atoms with van der Waals surface area (Å²) in [5.41, 5.74) is 4.63. The topological polar surface area (TPSA) is 54.3 Å². The van der Waals surface area contributed by atoms with Gasteiger partial charge in [-0.3, -0.25) is 19.8 Å². The number of anilines is 1. The maximum absolute atomic E-state index is 13.3. The van der Waals surface area contributed by atoms with Gasteiger partial charge in [-0.15, -0.1) is 0 Å². The lowest BCUT2D eigenvalue weighted by Gasteiger charge is -2.30. The highest BCUT2D eigenvalue weighted by molar-refractivity contribution is 7.80. The van der Waals surface area contributed by atoms with E-state index in [0.29, 0.717) is 15.7 Å². The van der Waals surface area contributed by atoms with E-state index in [-0.39, 0.29) is 10.7 Å². The average Bonchev–Trinajstić information content (AvgIpc) is 3.01. The lowest BCUT2D eigenvalue weighted by molar-refractivity contribution is -0.122. The van der Waals surface area contributed by atoms with Crippen molar-refractivity contribution < 1.29 is 9.59 Å². The SMILES string of the molecule is Cc1ccccc1N1C(=O)/C(=C/c2cc(C)n(-c3cccc(Cl)c3Cl)c2C)C(=O)NC1=S. The molecule has 5 nitrogen and oxygen atoms in total. The predicted octanol–water partition coefficient (Wildman–Crippen LogP) is 5.54. The van der Waals surface area contributed by atoms with E-state index < -0.39 is 11.8 Å². The Hall–Kier alpha value is -2.93. The molecule has 0 radical (unpaired) electrons. The third-order valence-corrected chi connectivity index (χ3v) is 6.49. The van der Waals surface area contributed by atoms with Gasteiger partial charge < -0.3 is 4.57 Å². The molecule has 2 amide bonds. The zero-order valence-electron chi connectivity index (χ0n) is 17.6. The normalized spacial score (nSPS) is 15.5. The van der Waals surface area contributed by atoms with Crippen LogP contribution in [0.3, 0.4) is 0 Å². The zero-order valence-corrected chi connectivity index (χ0v) is 19.9. The monoisotopic (exact) mass is 483 g/mol. The van der Waals surface area contributed by atoms with Crippen molar-refractivity contribution in [1.29, 1.82) is 0 Å². The second-order valence-electron chi connectivity index (χ2n) is 7.48. The van der Waals surface area contributed by atoms with Crippen LogP contribution in [-0.4, -0.2) is 21.5 Å². The third kappa shape index (κ3) is 3.75. The first-order valence-electron chi connectivity index (χ1n) is 9.81. The van der Waals surface area contributed by atoms with Crippen LogP contribution in [0.1, 0.15) is 22.5 Å². The number of para-hydroxylation sites is 1. The molecule has 1 saturated heterocycles. The van der Waals surface area contributed by atoms with Gasteiger partial charge in [0.05, 0.1) is 21.4 Å². The number of halogens is 2. The van der Waals surface area contributed by atoms with Crippen molar-refractivity contribution in [3.05, 3.63) is 86.7 Å². The first-order valence-corrected chi connectivity index (χ1v) is 11.0. The highest BCUT2D eigenvalue weighted by Gasteiger charge is 2.35. The summed E-state index contributed by atoms with van der Waals surface area (Å²) in [7, 11) is 0. The highest BCUT2D eigenvalue weighted by Crippen LogP contribution is 2.33. The molecule has 4 rings (SSSR count). The van der Waals surface area contributed by atoms with Crippen LogP contribution < -0.4 is 10.2 Å². The Morgan fingerprint density at radius 1 is 0.969 bits per heavy atom. The summed E-state index contributed by atoms with van der Waals surface area (Å²) < 4.78 is 1.94. The molecule has 1 aliphatic heterocycles. The molecule has 1 aliphatic rings. The van der Waals surface area contributed by atoms with Crippen molar-refractivity contribution in [2.75, 3.05) is 4.90 Å². The summed E-state index contributed by atoms with van der Waals surface area (Å²) in [5, 5.41) is 3.56. The van der Waals surface area contributed by atoms with E-state index in [1.807, 2.05) is 61.7 Å². The van der Waals surface area contributed by atoms with Crippen LogP contribution in [0.15, 0.2) is 54.1 Å². The number of hydrogen-bond acceptors (Lipinski definition) is 3. The molecule has 0 bridgehead atoms. The fraction of sp³-hybridized carbons (Fsp3) is 0.125. The van der Waals surface area contributed by atoms with Crippen molar-refractivity contribution in [2.24, 2.45) is 0 Å². The third-order valence-electron chi connectivity index (χ3n) is 5.40. The molecular weight excluding hydrogens is 465 g/mol. The van der Waals surface area contributed by atoms with Crippen LogP contribution in [0.25, 0.3) is 11.8 Å². The van der Waals surface area contributed by atoms with E-state index >= 15 is 0 Å². The number of hydrogen-bond donors (Lipinski definition) is 1. The Morgan fingerprint density at radius 2 is 1.66 bits per heavy atom. The first-order chi connectivity index (χ1) is 15.2. The number of nitrogens with one attached hydrogen (secondary N) is 1. The molecule has 1 aromatic heterocycles. The highest BCUT2D eigenvalue weighted by atomic mass is 35.5. The summed E-state index contributed by atoms with van der Waals surface area (Å²) in [6, 6.07) is 14.7. The molecule has 32 heavy (non-hydrogen) atoms. The number of carbonyl (C=O) groups excluding carboxylic acids is 2. The number of aromatic nitrogens is 1. The van der Waals surface area contributed by atoms with Crippen molar-refractivity contribution >= 4 is 64.1 Å². The van der Waals surface area contributed by atoms with Gasteiger partial charge in [0.25, 0.3) is 11.8 Å². The molecule has 1 fully saturated rings. The lowest BCUT2D eigenvalue weighted by atomic mass is 10.1. The molecule has 0 atom stereocenters. The summed E-state index contributed by atoms with van der Waals surface area (Å²) >= 11 is 17.9. The average molecular weight is 484 g/mol. The number of carbonyl (C=O) groups is 2. The van der Waals surface area contributed by atoms with Gasteiger partial charge in [-0.05, 0) is 74.5 Å². The molecule has 2 heterocycles. The maximum Gasteiger partial charge on any atom is 0.270 e. The summed E-state index contributed by atoms with van der Waals surface area (Å²) in [5.74, 6) is -1.01. The van der Waals surface area contributed by atoms with E-state index in [1.54, 1.807) is 18.2 Å². The number of nitrogens with zero attached hydrogens (tertiary/aromatic N) is 2. The van der Waals surface area contributed by atoms with E-state index in [0.717, 1.165) is 28.2 Å². The van der Waals surface area contributed by atoms with Gasteiger partial charge >= 0.3 is 0 Å². The van der Waals surface area contributed by atoms with Crippen molar-refractivity contribution in [3.8, 4) is 5.69 Å². The van der Waals surface area contributed by atoms with Gasteiger partial charge in [-0.25, -0.2) is 0 Å². The lowest BCUT2D eigenvalue weighted by Crippen LogP contribution is -2.54. The molecule has 3 aromatic rings. The molecule has 0 spiro atoms. The number of benzene rings is 2. The Bertz CT molecular complexity index is 1330. The van der Waals surface area contributed by atoms with Crippen LogP contribution in [0.2, 0.25) is 10.0 Å². The summed E-state index contributed by atoms with van der Waals surface area (Å²) in [6.45, 7) is 5.70. The fourth-order valence-electron chi connectivity index (χ4n) is 3.82. The van der Waals surface area contributed by atoms with Gasteiger partial charge in [0.2, 0.25) is 0 Å². The predicted molar refractivity (Wildman–Crippen MR) is 133 cm³/mol.